The molecule has 0 rings (SSSR count). The van der Waals surface area contributed by atoms with Gasteiger partial charge in [-0.1, -0.05) is 149 Å². The molecular weight excluding hydrogens is 581 g/mol. The summed E-state index contributed by atoms with van der Waals surface area (Å²) in [6, 6.07) is 0. The monoisotopic (exact) mass is 649 g/mol. The number of phosphoric acid groups is 1. The lowest BCUT2D eigenvalue weighted by molar-refractivity contribution is -0.147. The summed E-state index contributed by atoms with van der Waals surface area (Å²) >= 11 is 0. The van der Waals surface area contributed by atoms with Crippen LogP contribution in [-0.2, 0) is 27.9 Å². The van der Waals surface area contributed by atoms with Gasteiger partial charge in [0, 0.05) is 19.4 Å². The van der Waals surface area contributed by atoms with E-state index in [1.807, 2.05) is 6.92 Å². The molecule has 0 aliphatic heterocycles. The van der Waals surface area contributed by atoms with Crippen LogP contribution < -0.4 is 5.32 Å². The number of esters is 1. The van der Waals surface area contributed by atoms with Gasteiger partial charge in [-0.05, 0) is 12.8 Å². The third-order valence-corrected chi connectivity index (χ3v) is 8.77. The van der Waals surface area contributed by atoms with Gasteiger partial charge in [-0.25, -0.2) is 4.57 Å². The van der Waals surface area contributed by atoms with Crippen LogP contribution in [-0.4, -0.2) is 54.3 Å². The lowest BCUT2D eigenvalue weighted by Crippen LogP contribution is -2.27. The van der Waals surface area contributed by atoms with Crippen molar-refractivity contribution in [2.45, 2.75) is 180 Å². The molecule has 0 saturated heterocycles. The summed E-state index contributed by atoms with van der Waals surface area (Å²) < 4.78 is 26.4. The molecule has 0 aromatic carbocycles. The SMILES string of the molecule is CCCCCCCCCCCCCCCCCCCCCCC(=O)NCCOP(=O)(O)OCC(O)COC(=O)CCCCC. The highest BCUT2D eigenvalue weighted by Crippen LogP contribution is 2.42. The van der Waals surface area contributed by atoms with Crippen LogP contribution in [0.1, 0.15) is 174 Å². The normalized spacial score (nSPS) is 13.5. The van der Waals surface area contributed by atoms with E-state index in [-0.39, 0.29) is 32.1 Å². The molecule has 0 radical (unpaired) electrons. The first kappa shape index (κ1) is 43.0. The Hall–Kier alpha value is -0.990. The molecule has 0 spiro atoms. The standard InChI is InChI=1S/C34H68NO8P/c1-3-5-7-8-9-10-11-12-13-14-15-16-17-18-19-20-21-22-23-25-26-33(37)35-28-29-42-44(39,40)43-31-32(36)30-41-34(38)27-24-6-4-2/h32,36H,3-31H2,1-2H3,(H,35,37)(H,39,40). The van der Waals surface area contributed by atoms with Gasteiger partial charge >= 0.3 is 13.8 Å². The van der Waals surface area contributed by atoms with Crippen molar-refractivity contribution in [1.82, 2.24) is 5.32 Å². The quantitative estimate of drug-likeness (QED) is 0.0358. The Morgan fingerprint density at radius 3 is 1.50 bits per heavy atom. The van der Waals surface area contributed by atoms with E-state index in [4.69, 9.17) is 13.8 Å². The summed E-state index contributed by atoms with van der Waals surface area (Å²) in [6.07, 6.45) is 28.4. The molecule has 2 atom stereocenters. The zero-order valence-electron chi connectivity index (χ0n) is 28.4. The molecule has 262 valence electrons. The van der Waals surface area contributed by atoms with Crippen LogP contribution in [0.15, 0.2) is 0 Å². The van der Waals surface area contributed by atoms with Crippen molar-refractivity contribution < 1.29 is 37.9 Å². The topological polar surface area (TPSA) is 131 Å². The van der Waals surface area contributed by atoms with E-state index in [0.29, 0.717) is 6.42 Å². The van der Waals surface area contributed by atoms with Crippen molar-refractivity contribution >= 4 is 19.7 Å². The van der Waals surface area contributed by atoms with Crippen molar-refractivity contribution in [2.24, 2.45) is 0 Å². The van der Waals surface area contributed by atoms with Crippen LogP contribution in [0.2, 0.25) is 0 Å². The van der Waals surface area contributed by atoms with E-state index < -0.39 is 26.5 Å². The summed E-state index contributed by atoms with van der Waals surface area (Å²) in [5.74, 6) is -0.534. The predicted octanol–water partition coefficient (Wildman–Crippen LogP) is 8.93. The predicted molar refractivity (Wildman–Crippen MR) is 178 cm³/mol. The van der Waals surface area contributed by atoms with Gasteiger partial charge in [0.2, 0.25) is 5.91 Å². The minimum absolute atomic E-state index is 0.0872. The molecular formula is C34H68NO8P. The second-order valence-corrected chi connectivity index (χ2v) is 13.7. The summed E-state index contributed by atoms with van der Waals surface area (Å²) in [5, 5.41) is 12.5. The lowest BCUT2D eigenvalue weighted by atomic mass is 10.0. The van der Waals surface area contributed by atoms with Gasteiger partial charge < -0.3 is 20.1 Å². The summed E-state index contributed by atoms with van der Waals surface area (Å²) in [6.45, 7) is 3.36. The number of ether oxygens (including phenoxy) is 1. The molecule has 0 saturated carbocycles. The smallest absolute Gasteiger partial charge is 0.463 e. The Labute approximate surface area is 269 Å². The summed E-state index contributed by atoms with van der Waals surface area (Å²) in [5.41, 5.74) is 0. The van der Waals surface area contributed by atoms with Crippen LogP contribution in [0.5, 0.6) is 0 Å². The Balaban J connectivity index is 3.47. The summed E-state index contributed by atoms with van der Waals surface area (Å²) in [4.78, 5) is 33.2. The maximum atomic E-state index is 12.0. The Bertz CT molecular complexity index is 709. The lowest BCUT2D eigenvalue weighted by Gasteiger charge is -2.15. The maximum Gasteiger partial charge on any atom is 0.472 e. The van der Waals surface area contributed by atoms with Gasteiger partial charge in [0.1, 0.15) is 12.7 Å². The molecule has 0 bridgehead atoms. The molecule has 9 nitrogen and oxygen atoms in total. The Morgan fingerprint density at radius 1 is 0.614 bits per heavy atom. The molecule has 10 heteroatoms. The first-order chi connectivity index (χ1) is 21.3. The van der Waals surface area contributed by atoms with Crippen LogP contribution in [0.4, 0.5) is 0 Å². The number of amides is 1. The van der Waals surface area contributed by atoms with E-state index in [2.05, 4.69) is 12.2 Å². The van der Waals surface area contributed by atoms with Gasteiger partial charge in [-0.15, -0.1) is 0 Å². The average molecular weight is 650 g/mol. The highest BCUT2D eigenvalue weighted by Gasteiger charge is 2.23. The highest BCUT2D eigenvalue weighted by atomic mass is 31.2. The van der Waals surface area contributed by atoms with Crippen LogP contribution >= 0.6 is 7.82 Å². The maximum absolute atomic E-state index is 12.0. The second-order valence-electron chi connectivity index (χ2n) is 12.2. The number of hydrogen-bond acceptors (Lipinski definition) is 7. The number of phosphoric ester groups is 1. The number of rotatable bonds is 34. The van der Waals surface area contributed by atoms with Crippen molar-refractivity contribution in [3.8, 4) is 0 Å². The van der Waals surface area contributed by atoms with Crippen molar-refractivity contribution in [3.63, 3.8) is 0 Å². The second kappa shape index (κ2) is 32.0. The number of nitrogens with one attached hydrogen (secondary N) is 1. The number of hydrogen-bond donors (Lipinski definition) is 3. The molecule has 0 aromatic heterocycles. The minimum Gasteiger partial charge on any atom is -0.463 e. The van der Waals surface area contributed by atoms with Gasteiger partial charge in [0.25, 0.3) is 0 Å². The third kappa shape index (κ3) is 32.4. The fourth-order valence-electron chi connectivity index (χ4n) is 5.03. The number of carbonyl (C=O) groups is 2. The van der Waals surface area contributed by atoms with Crippen molar-refractivity contribution in [3.05, 3.63) is 0 Å². The Morgan fingerprint density at radius 2 is 1.02 bits per heavy atom. The number of aliphatic hydroxyl groups is 1. The van der Waals surface area contributed by atoms with Gasteiger partial charge in [0.05, 0.1) is 13.2 Å². The molecule has 2 unspecified atom stereocenters. The van der Waals surface area contributed by atoms with Crippen LogP contribution in [0.25, 0.3) is 0 Å². The zero-order valence-corrected chi connectivity index (χ0v) is 29.3. The van der Waals surface area contributed by atoms with E-state index in [1.54, 1.807) is 0 Å². The highest BCUT2D eigenvalue weighted by molar-refractivity contribution is 7.47. The van der Waals surface area contributed by atoms with Gasteiger partial charge in [0.15, 0.2) is 0 Å². The van der Waals surface area contributed by atoms with Gasteiger partial charge in [-0.2, -0.15) is 0 Å². The van der Waals surface area contributed by atoms with E-state index in [9.17, 15) is 24.2 Å². The average Bonchev–Trinajstić information content (AvgIpc) is 3.00. The van der Waals surface area contributed by atoms with Crippen molar-refractivity contribution in [1.29, 1.82) is 0 Å². The molecule has 0 fully saturated rings. The molecule has 1 amide bonds. The molecule has 44 heavy (non-hydrogen) atoms. The number of carbonyl (C=O) groups excluding carboxylic acids is 2. The van der Waals surface area contributed by atoms with E-state index in [1.165, 1.54) is 109 Å². The van der Waals surface area contributed by atoms with Gasteiger partial charge in [-0.3, -0.25) is 18.6 Å². The molecule has 0 aliphatic rings. The molecule has 0 aromatic rings. The first-order valence-electron chi connectivity index (χ1n) is 18.0. The van der Waals surface area contributed by atoms with E-state index >= 15 is 0 Å². The van der Waals surface area contributed by atoms with E-state index in [0.717, 1.165) is 38.5 Å². The molecule has 0 aliphatic carbocycles. The minimum atomic E-state index is -4.39. The number of unbranched alkanes of at least 4 members (excludes halogenated alkanes) is 21. The zero-order chi connectivity index (χ0) is 32.6. The molecule has 3 N–H and O–H groups in total. The number of aliphatic hydroxyl groups excluding tert-OH is 1. The largest absolute Gasteiger partial charge is 0.472 e. The molecule has 0 heterocycles. The fourth-order valence-corrected chi connectivity index (χ4v) is 5.78. The third-order valence-electron chi connectivity index (χ3n) is 7.79. The van der Waals surface area contributed by atoms with Crippen molar-refractivity contribution in [2.75, 3.05) is 26.4 Å². The van der Waals surface area contributed by atoms with Crippen LogP contribution in [0.3, 0.4) is 0 Å². The fraction of sp³-hybridized carbons (Fsp3) is 0.941. The van der Waals surface area contributed by atoms with Crippen LogP contribution in [0, 0.1) is 0 Å². The first-order valence-corrected chi connectivity index (χ1v) is 19.5. The Kier molecular flexibility index (Phi) is 31.3. The summed E-state index contributed by atoms with van der Waals surface area (Å²) in [7, 11) is -4.39.